The van der Waals surface area contributed by atoms with Gasteiger partial charge in [0.2, 0.25) is 0 Å². The third-order valence-electron chi connectivity index (χ3n) is 4.74. The lowest BCUT2D eigenvalue weighted by atomic mass is 10.2. The van der Waals surface area contributed by atoms with E-state index < -0.39 is 29.7 Å². The minimum absolute atomic E-state index is 0.0220. The first-order valence-corrected chi connectivity index (χ1v) is 11.1. The second-order valence-corrected chi connectivity index (χ2v) is 7.39. The van der Waals surface area contributed by atoms with Crippen LogP contribution in [0, 0.1) is 0 Å². The molecule has 0 saturated carbocycles. The van der Waals surface area contributed by atoms with E-state index in [1.807, 2.05) is 6.07 Å². The van der Waals surface area contributed by atoms with Crippen LogP contribution in [0.4, 0.5) is 4.79 Å². The number of hydrogen-bond acceptors (Lipinski definition) is 10. The van der Waals surface area contributed by atoms with Gasteiger partial charge in [-0.05, 0) is 23.8 Å². The first-order valence-electron chi connectivity index (χ1n) is 11.1. The first-order chi connectivity index (χ1) is 17.9. The second-order valence-electron chi connectivity index (χ2n) is 7.39. The first kappa shape index (κ1) is 26.8. The number of carbonyl (C=O) groups is 3. The van der Waals surface area contributed by atoms with E-state index in [1.54, 1.807) is 48.5 Å². The van der Waals surface area contributed by atoms with Gasteiger partial charge in [0.1, 0.15) is 37.8 Å². The summed E-state index contributed by atoms with van der Waals surface area (Å²) in [5.74, 6) is -1.02. The standard InChI is InChI=1S/C26H25NO10/c1-32-25(30)21(27-26(31)36-16-18-5-3-2-4-6-18)17-33-12-11-23(28)35-14-13-34-20-9-7-19-8-10-24(29)37-22(19)15-20/h2-12,15,21H,13-14,16-17H2,1H3,(H,27,31)/b12-11+/t21-/m0/s1. The highest BCUT2D eigenvalue weighted by atomic mass is 16.6. The van der Waals surface area contributed by atoms with Crippen molar-refractivity contribution in [2.75, 3.05) is 26.9 Å². The maximum atomic E-state index is 12.0. The zero-order valence-electron chi connectivity index (χ0n) is 19.9. The molecule has 1 aromatic heterocycles. The molecule has 0 saturated heterocycles. The Hall–Kier alpha value is -4.80. The maximum Gasteiger partial charge on any atom is 0.408 e. The smallest absolute Gasteiger partial charge is 0.408 e. The normalized spacial score (nSPS) is 11.5. The van der Waals surface area contributed by atoms with E-state index >= 15 is 0 Å². The number of hydrogen-bond donors (Lipinski definition) is 1. The number of methoxy groups -OCH3 is 1. The van der Waals surface area contributed by atoms with Gasteiger partial charge in [0, 0.05) is 17.5 Å². The Morgan fingerprint density at radius 2 is 1.78 bits per heavy atom. The summed E-state index contributed by atoms with van der Waals surface area (Å²) in [6, 6.07) is 15.8. The average molecular weight is 511 g/mol. The summed E-state index contributed by atoms with van der Waals surface area (Å²) in [6.07, 6.45) is 1.20. The third kappa shape index (κ3) is 9.06. The summed E-state index contributed by atoms with van der Waals surface area (Å²) < 4.78 is 30.5. The van der Waals surface area contributed by atoms with Gasteiger partial charge in [-0.3, -0.25) is 0 Å². The van der Waals surface area contributed by atoms with Gasteiger partial charge in [-0.2, -0.15) is 0 Å². The molecule has 0 radical (unpaired) electrons. The van der Waals surface area contributed by atoms with Crippen molar-refractivity contribution in [3.05, 3.63) is 89.0 Å². The molecule has 0 fully saturated rings. The Labute approximate surface area is 211 Å². The topological polar surface area (TPSA) is 140 Å². The number of amides is 1. The van der Waals surface area contributed by atoms with E-state index in [4.69, 9.17) is 23.4 Å². The Morgan fingerprint density at radius 1 is 1.00 bits per heavy atom. The van der Waals surface area contributed by atoms with Gasteiger partial charge in [-0.25, -0.2) is 19.2 Å². The fraction of sp³-hybridized carbons (Fsp3) is 0.231. The number of ether oxygens (including phenoxy) is 5. The van der Waals surface area contributed by atoms with Crippen molar-refractivity contribution in [2.24, 2.45) is 0 Å². The van der Waals surface area contributed by atoms with Crippen molar-refractivity contribution in [3.63, 3.8) is 0 Å². The number of benzene rings is 2. The Bertz CT molecular complexity index is 1290. The SMILES string of the molecule is COC(=O)[C@H](CO/C=C/C(=O)OCCOc1ccc2ccc(=O)oc2c1)NC(=O)OCc1ccccc1. The lowest BCUT2D eigenvalue weighted by molar-refractivity contribution is -0.144. The quantitative estimate of drug-likeness (QED) is 0.0964. The average Bonchev–Trinajstić information content (AvgIpc) is 2.91. The summed E-state index contributed by atoms with van der Waals surface area (Å²) in [5.41, 5.74) is 0.691. The molecule has 1 heterocycles. The van der Waals surface area contributed by atoms with Crippen molar-refractivity contribution in [1.29, 1.82) is 0 Å². The second kappa shape index (κ2) is 13.9. The van der Waals surface area contributed by atoms with Gasteiger partial charge >= 0.3 is 23.7 Å². The Morgan fingerprint density at radius 3 is 2.57 bits per heavy atom. The fourth-order valence-electron chi connectivity index (χ4n) is 2.95. The molecule has 0 unspecified atom stereocenters. The van der Waals surface area contributed by atoms with Crippen LogP contribution in [0.3, 0.4) is 0 Å². The lowest BCUT2D eigenvalue weighted by Gasteiger charge is -2.16. The molecule has 0 aliphatic heterocycles. The molecule has 3 rings (SSSR count). The lowest BCUT2D eigenvalue weighted by Crippen LogP contribution is -2.44. The van der Waals surface area contributed by atoms with Gasteiger partial charge < -0.3 is 33.4 Å². The molecule has 1 N–H and O–H groups in total. The van der Waals surface area contributed by atoms with Crippen LogP contribution in [0.15, 0.2) is 82.2 Å². The number of esters is 2. The molecule has 1 atom stereocenters. The van der Waals surface area contributed by atoms with Gasteiger partial charge in [-0.15, -0.1) is 0 Å². The van der Waals surface area contributed by atoms with Crippen LogP contribution < -0.4 is 15.7 Å². The molecule has 3 aromatic rings. The van der Waals surface area contributed by atoms with Gasteiger partial charge in [0.05, 0.1) is 19.4 Å². The molecule has 194 valence electrons. The molecule has 11 nitrogen and oxygen atoms in total. The predicted octanol–water partition coefficient (Wildman–Crippen LogP) is 2.71. The summed E-state index contributed by atoms with van der Waals surface area (Å²) in [5, 5.41) is 3.09. The zero-order valence-corrected chi connectivity index (χ0v) is 19.9. The van der Waals surface area contributed by atoms with Crippen molar-refractivity contribution >= 4 is 29.0 Å². The number of fused-ring (bicyclic) bond motifs is 1. The molecule has 2 aromatic carbocycles. The molecule has 0 aliphatic rings. The zero-order chi connectivity index (χ0) is 26.5. The van der Waals surface area contributed by atoms with Crippen LogP contribution in [0.1, 0.15) is 5.56 Å². The molecule has 37 heavy (non-hydrogen) atoms. The molecular formula is C26H25NO10. The highest BCUT2D eigenvalue weighted by Crippen LogP contribution is 2.19. The van der Waals surface area contributed by atoms with E-state index in [9.17, 15) is 19.2 Å². The summed E-state index contributed by atoms with van der Waals surface area (Å²) in [6.45, 7) is -0.284. The van der Waals surface area contributed by atoms with Crippen molar-refractivity contribution in [1.82, 2.24) is 5.32 Å². The van der Waals surface area contributed by atoms with E-state index in [-0.39, 0.29) is 26.4 Å². The number of carbonyl (C=O) groups excluding carboxylic acids is 3. The maximum absolute atomic E-state index is 12.0. The number of rotatable bonds is 12. The Balaban J connectivity index is 1.36. The van der Waals surface area contributed by atoms with E-state index in [1.165, 1.54) is 6.07 Å². The van der Waals surface area contributed by atoms with Crippen LogP contribution in [0.2, 0.25) is 0 Å². The molecule has 11 heteroatoms. The number of alkyl carbamates (subject to hydrolysis) is 1. The molecular weight excluding hydrogens is 486 g/mol. The monoisotopic (exact) mass is 511 g/mol. The molecule has 0 spiro atoms. The largest absolute Gasteiger partial charge is 0.498 e. The minimum Gasteiger partial charge on any atom is -0.498 e. The van der Waals surface area contributed by atoms with Crippen molar-refractivity contribution in [3.8, 4) is 5.75 Å². The van der Waals surface area contributed by atoms with Gasteiger partial charge in [0.15, 0.2) is 6.04 Å². The van der Waals surface area contributed by atoms with Crippen molar-refractivity contribution < 1.29 is 42.5 Å². The minimum atomic E-state index is -1.16. The van der Waals surface area contributed by atoms with Crippen LogP contribution in [-0.4, -0.2) is 51.0 Å². The van der Waals surface area contributed by atoms with Gasteiger partial charge in [0.25, 0.3) is 0 Å². The predicted molar refractivity (Wildman–Crippen MR) is 130 cm³/mol. The Kier molecular flexibility index (Phi) is 10.1. The van der Waals surface area contributed by atoms with Crippen molar-refractivity contribution in [2.45, 2.75) is 12.6 Å². The molecule has 0 bridgehead atoms. The highest BCUT2D eigenvalue weighted by molar-refractivity contribution is 5.82. The van der Waals surface area contributed by atoms with Crippen LogP contribution >= 0.6 is 0 Å². The van der Waals surface area contributed by atoms with Crippen LogP contribution in [0.25, 0.3) is 11.0 Å². The van der Waals surface area contributed by atoms with Crippen LogP contribution in [0.5, 0.6) is 5.75 Å². The van der Waals surface area contributed by atoms with Gasteiger partial charge in [-0.1, -0.05) is 30.3 Å². The van der Waals surface area contributed by atoms with E-state index in [2.05, 4.69) is 10.1 Å². The number of nitrogens with one attached hydrogen (secondary N) is 1. The molecule has 1 amide bonds. The summed E-state index contributed by atoms with van der Waals surface area (Å²) in [7, 11) is 1.16. The van der Waals surface area contributed by atoms with Crippen LogP contribution in [-0.2, 0) is 35.1 Å². The van der Waals surface area contributed by atoms with E-state index in [0.717, 1.165) is 30.4 Å². The third-order valence-corrected chi connectivity index (χ3v) is 4.74. The molecule has 0 aliphatic carbocycles. The highest BCUT2D eigenvalue weighted by Gasteiger charge is 2.22. The van der Waals surface area contributed by atoms with E-state index in [0.29, 0.717) is 11.3 Å². The summed E-state index contributed by atoms with van der Waals surface area (Å²) in [4.78, 5) is 47.0. The summed E-state index contributed by atoms with van der Waals surface area (Å²) >= 11 is 0. The fourth-order valence-corrected chi connectivity index (χ4v) is 2.95.